The molecule has 0 N–H and O–H groups in total. The van der Waals surface area contributed by atoms with Crippen LogP contribution in [0, 0.1) is 0 Å². The van der Waals surface area contributed by atoms with Crippen LogP contribution in [-0.2, 0) is 0 Å². The molecule has 0 spiro atoms. The first kappa shape index (κ1) is 35.2. The van der Waals surface area contributed by atoms with E-state index in [0.29, 0.717) is 0 Å². The Labute approximate surface area is 357 Å². The molecule has 12 aromatic rings. The van der Waals surface area contributed by atoms with Crippen LogP contribution in [0.25, 0.3) is 97.4 Å². The van der Waals surface area contributed by atoms with Gasteiger partial charge in [-0.3, -0.25) is 0 Å². The van der Waals surface area contributed by atoms with Gasteiger partial charge >= 0.3 is 0 Å². The zero-order chi connectivity index (χ0) is 40.3. The summed E-state index contributed by atoms with van der Waals surface area (Å²) in [5.74, 6) is 0. The van der Waals surface area contributed by atoms with Crippen molar-refractivity contribution in [3.8, 4) is 44.5 Å². The molecular formula is C58H37NOS. The van der Waals surface area contributed by atoms with Gasteiger partial charge in [0.25, 0.3) is 0 Å². The van der Waals surface area contributed by atoms with Gasteiger partial charge in [0.2, 0.25) is 0 Å². The number of hydrogen-bond acceptors (Lipinski definition) is 3. The summed E-state index contributed by atoms with van der Waals surface area (Å²) >= 11 is 1.87. The van der Waals surface area contributed by atoms with Gasteiger partial charge in [-0.25, -0.2) is 0 Å². The van der Waals surface area contributed by atoms with Gasteiger partial charge in [-0.15, -0.1) is 11.3 Å². The van der Waals surface area contributed by atoms with E-state index in [2.05, 4.69) is 229 Å². The Morgan fingerprint density at radius 2 is 0.869 bits per heavy atom. The van der Waals surface area contributed by atoms with Gasteiger partial charge in [0, 0.05) is 48.4 Å². The maximum Gasteiger partial charge on any atom is 0.137 e. The molecule has 12 rings (SSSR count). The molecule has 10 aromatic carbocycles. The summed E-state index contributed by atoms with van der Waals surface area (Å²) in [7, 11) is 0. The Bertz CT molecular complexity index is 3570. The predicted octanol–water partition coefficient (Wildman–Crippen LogP) is 17.2. The fraction of sp³-hybridized carbons (Fsp3) is 0. The zero-order valence-corrected chi connectivity index (χ0v) is 33.9. The van der Waals surface area contributed by atoms with Crippen LogP contribution < -0.4 is 4.90 Å². The number of rotatable bonds is 7. The van der Waals surface area contributed by atoms with Gasteiger partial charge in [0.05, 0.1) is 5.69 Å². The number of benzene rings is 10. The molecule has 61 heavy (non-hydrogen) atoms. The normalized spacial score (nSPS) is 11.6. The Morgan fingerprint density at radius 3 is 1.59 bits per heavy atom. The molecule has 0 aliphatic heterocycles. The summed E-state index contributed by atoms with van der Waals surface area (Å²) in [6.07, 6.45) is 0. The highest BCUT2D eigenvalue weighted by Gasteiger charge is 2.23. The molecule has 2 aromatic heterocycles. The van der Waals surface area contributed by atoms with Crippen molar-refractivity contribution < 1.29 is 4.42 Å². The second kappa shape index (κ2) is 14.5. The van der Waals surface area contributed by atoms with Crippen LogP contribution >= 0.6 is 11.3 Å². The first-order valence-corrected chi connectivity index (χ1v) is 21.5. The van der Waals surface area contributed by atoms with Crippen molar-refractivity contribution in [1.82, 2.24) is 0 Å². The van der Waals surface area contributed by atoms with E-state index >= 15 is 0 Å². The molecule has 0 amide bonds. The summed E-state index contributed by atoms with van der Waals surface area (Å²) < 4.78 is 9.26. The Hall–Kier alpha value is -7.72. The van der Waals surface area contributed by atoms with Gasteiger partial charge in [-0.2, -0.15) is 0 Å². The highest BCUT2D eigenvalue weighted by molar-refractivity contribution is 7.26. The fourth-order valence-corrected chi connectivity index (χ4v) is 10.3. The third kappa shape index (κ3) is 6.18. The number of fused-ring (bicyclic) bond motifs is 7. The first-order chi connectivity index (χ1) is 30.2. The fourth-order valence-electron chi connectivity index (χ4n) is 9.02. The van der Waals surface area contributed by atoms with E-state index in [1.54, 1.807) is 0 Å². The lowest BCUT2D eigenvalue weighted by atomic mass is 9.98. The van der Waals surface area contributed by atoms with Crippen molar-refractivity contribution in [3.05, 3.63) is 224 Å². The molecule has 0 bridgehead atoms. The predicted molar refractivity (Wildman–Crippen MR) is 261 cm³/mol. The van der Waals surface area contributed by atoms with Crippen LogP contribution in [0.1, 0.15) is 0 Å². The zero-order valence-electron chi connectivity index (χ0n) is 33.1. The molecule has 3 heteroatoms. The van der Waals surface area contributed by atoms with Gasteiger partial charge in [-0.05, 0) is 110 Å². The number of nitrogens with zero attached hydrogens (tertiary/aromatic N) is 1. The number of thiophene rings is 1. The quantitative estimate of drug-likeness (QED) is 0.160. The standard InChI is InChI=1S/C58H37NOS/c1-4-12-38(13-5-1)45-24-29-50-51-31-28-48(37-55(51)60-54(50)35-45)59(47-26-22-41(23-27-47)44-21-20-40-16-10-11-19-43(40)34-44)53-33-32-49(42-17-8-3-9-18-42)58-57(53)52-30-25-46(36-56(52)61-58)39-14-6-2-7-15-39/h1-37H. The molecule has 2 nitrogen and oxygen atoms in total. The molecule has 2 heterocycles. The summed E-state index contributed by atoms with van der Waals surface area (Å²) in [6.45, 7) is 0. The van der Waals surface area contributed by atoms with E-state index in [-0.39, 0.29) is 0 Å². The third-order valence-electron chi connectivity index (χ3n) is 12.1. The van der Waals surface area contributed by atoms with E-state index in [0.717, 1.165) is 44.6 Å². The van der Waals surface area contributed by atoms with Crippen molar-refractivity contribution >= 4 is 81.3 Å². The highest BCUT2D eigenvalue weighted by Crippen LogP contribution is 2.49. The van der Waals surface area contributed by atoms with Crippen LogP contribution in [0.3, 0.4) is 0 Å². The van der Waals surface area contributed by atoms with E-state index in [4.69, 9.17) is 4.42 Å². The van der Waals surface area contributed by atoms with Crippen LogP contribution in [0.15, 0.2) is 229 Å². The van der Waals surface area contributed by atoms with Crippen molar-refractivity contribution in [3.63, 3.8) is 0 Å². The molecule has 0 unspecified atom stereocenters. The average molecular weight is 796 g/mol. The third-order valence-corrected chi connectivity index (χ3v) is 13.2. The van der Waals surface area contributed by atoms with E-state index in [1.807, 2.05) is 11.3 Å². The van der Waals surface area contributed by atoms with E-state index < -0.39 is 0 Å². The largest absolute Gasteiger partial charge is 0.456 e. The molecule has 0 fully saturated rings. The first-order valence-electron chi connectivity index (χ1n) is 20.7. The lowest BCUT2D eigenvalue weighted by Gasteiger charge is -2.27. The minimum absolute atomic E-state index is 0.857. The van der Waals surface area contributed by atoms with Crippen molar-refractivity contribution in [2.24, 2.45) is 0 Å². The molecular weight excluding hydrogens is 759 g/mol. The van der Waals surface area contributed by atoms with Crippen molar-refractivity contribution in [1.29, 1.82) is 0 Å². The second-order valence-corrected chi connectivity index (χ2v) is 16.7. The molecule has 0 aliphatic carbocycles. The summed E-state index contributed by atoms with van der Waals surface area (Å²) in [4.78, 5) is 2.42. The Balaban J connectivity index is 1.07. The van der Waals surface area contributed by atoms with Gasteiger partial charge in [0.15, 0.2) is 0 Å². The summed E-state index contributed by atoms with van der Waals surface area (Å²) in [5.41, 5.74) is 14.5. The topological polar surface area (TPSA) is 16.4 Å². The van der Waals surface area contributed by atoms with Crippen molar-refractivity contribution in [2.45, 2.75) is 0 Å². The van der Waals surface area contributed by atoms with Gasteiger partial charge in [0.1, 0.15) is 11.2 Å². The van der Waals surface area contributed by atoms with Gasteiger partial charge < -0.3 is 9.32 Å². The minimum atomic E-state index is 0.857. The lowest BCUT2D eigenvalue weighted by molar-refractivity contribution is 0.669. The Morgan fingerprint density at radius 1 is 0.344 bits per heavy atom. The van der Waals surface area contributed by atoms with Crippen LogP contribution in [0.4, 0.5) is 17.1 Å². The lowest BCUT2D eigenvalue weighted by Crippen LogP contribution is -2.10. The summed E-state index contributed by atoms with van der Waals surface area (Å²) in [6, 6.07) is 81.1. The Kier molecular flexibility index (Phi) is 8.39. The molecule has 0 saturated carbocycles. The van der Waals surface area contributed by atoms with E-state index in [9.17, 15) is 0 Å². The van der Waals surface area contributed by atoms with Crippen molar-refractivity contribution in [2.75, 3.05) is 4.90 Å². The number of furan rings is 1. The van der Waals surface area contributed by atoms with Crippen LogP contribution in [-0.4, -0.2) is 0 Å². The van der Waals surface area contributed by atoms with Gasteiger partial charge in [-0.1, -0.05) is 164 Å². The monoisotopic (exact) mass is 795 g/mol. The maximum absolute atomic E-state index is 6.74. The molecule has 0 saturated heterocycles. The minimum Gasteiger partial charge on any atom is -0.456 e. The number of hydrogen-bond donors (Lipinski definition) is 0. The SMILES string of the molecule is c1ccc(-c2ccc3c(c2)oc2cc(N(c4ccc(-c5ccc6ccccc6c5)cc4)c4ccc(-c5ccccc5)c5sc6cc(-c7ccccc7)ccc6c45)ccc23)cc1. The van der Waals surface area contributed by atoms with Crippen LogP contribution in [0.5, 0.6) is 0 Å². The molecule has 286 valence electrons. The van der Waals surface area contributed by atoms with E-state index in [1.165, 1.54) is 69.9 Å². The molecule has 0 radical (unpaired) electrons. The molecule has 0 aliphatic rings. The maximum atomic E-state index is 6.74. The second-order valence-electron chi connectivity index (χ2n) is 15.7. The number of anilines is 3. The molecule has 0 atom stereocenters. The highest BCUT2D eigenvalue weighted by atomic mass is 32.1. The van der Waals surface area contributed by atoms with Crippen LogP contribution in [0.2, 0.25) is 0 Å². The average Bonchev–Trinajstić information content (AvgIpc) is 3.90. The summed E-state index contributed by atoms with van der Waals surface area (Å²) in [5, 5.41) is 7.17. The smallest absolute Gasteiger partial charge is 0.137 e.